The summed E-state index contributed by atoms with van der Waals surface area (Å²) in [5.74, 6) is -0.178. The number of non-ortho nitro benzene ring substituents is 1. The molecule has 0 aliphatic carbocycles. The molecule has 25 heavy (non-hydrogen) atoms. The van der Waals surface area contributed by atoms with Crippen molar-refractivity contribution in [3.05, 3.63) is 80.5 Å². The van der Waals surface area contributed by atoms with Crippen molar-refractivity contribution in [2.75, 3.05) is 5.32 Å². The lowest BCUT2D eigenvalue weighted by Crippen LogP contribution is -2.11. The highest BCUT2D eigenvalue weighted by Crippen LogP contribution is 2.31. The standard InChI is InChI=1S/C17H10Cl2N2O4/c18-12-5-2-6-13(19)16(12)20-17(22)15-8-7-14(25-15)10-3-1-4-11(9-10)21(23)24/h1-9H,(H,20,22). The van der Waals surface area contributed by atoms with Crippen LogP contribution in [-0.4, -0.2) is 10.8 Å². The number of furan rings is 1. The first-order valence-electron chi connectivity index (χ1n) is 7.06. The van der Waals surface area contributed by atoms with E-state index in [-0.39, 0.29) is 17.1 Å². The third-order valence-electron chi connectivity index (χ3n) is 3.37. The Morgan fingerprint density at radius 3 is 2.40 bits per heavy atom. The van der Waals surface area contributed by atoms with E-state index in [1.807, 2.05) is 0 Å². The maximum absolute atomic E-state index is 12.3. The van der Waals surface area contributed by atoms with Crippen molar-refractivity contribution in [1.82, 2.24) is 0 Å². The molecular formula is C17H10Cl2N2O4. The van der Waals surface area contributed by atoms with E-state index in [9.17, 15) is 14.9 Å². The number of hydrogen-bond acceptors (Lipinski definition) is 4. The number of hydrogen-bond donors (Lipinski definition) is 1. The van der Waals surface area contributed by atoms with Crippen molar-refractivity contribution in [2.45, 2.75) is 0 Å². The first kappa shape index (κ1) is 17.0. The smallest absolute Gasteiger partial charge is 0.291 e. The number of rotatable bonds is 4. The number of amides is 1. The molecule has 0 radical (unpaired) electrons. The molecule has 0 saturated heterocycles. The van der Waals surface area contributed by atoms with Gasteiger partial charge in [0, 0.05) is 17.7 Å². The van der Waals surface area contributed by atoms with Crippen LogP contribution in [0.15, 0.2) is 59.0 Å². The Balaban J connectivity index is 1.85. The quantitative estimate of drug-likeness (QED) is 0.486. The maximum atomic E-state index is 12.3. The summed E-state index contributed by atoms with van der Waals surface area (Å²) in [5, 5.41) is 14.0. The summed E-state index contributed by atoms with van der Waals surface area (Å²) in [6.45, 7) is 0. The number of benzene rings is 2. The highest BCUT2D eigenvalue weighted by Gasteiger charge is 2.16. The molecule has 126 valence electrons. The lowest BCUT2D eigenvalue weighted by atomic mass is 10.1. The number of carbonyl (C=O) groups is 1. The van der Waals surface area contributed by atoms with Gasteiger partial charge in [-0.1, -0.05) is 41.4 Å². The summed E-state index contributed by atoms with van der Waals surface area (Å²) in [7, 11) is 0. The molecule has 1 amide bonds. The van der Waals surface area contributed by atoms with Gasteiger partial charge in [0.15, 0.2) is 5.76 Å². The van der Waals surface area contributed by atoms with Gasteiger partial charge >= 0.3 is 0 Å². The SMILES string of the molecule is O=C(Nc1c(Cl)cccc1Cl)c1ccc(-c2cccc([N+](=O)[O-])c2)o1. The van der Waals surface area contributed by atoms with Gasteiger partial charge in [0.1, 0.15) is 5.76 Å². The van der Waals surface area contributed by atoms with Crippen LogP contribution in [-0.2, 0) is 0 Å². The van der Waals surface area contributed by atoms with Crippen molar-refractivity contribution >= 4 is 40.5 Å². The van der Waals surface area contributed by atoms with E-state index in [2.05, 4.69) is 5.32 Å². The second kappa shape index (κ2) is 6.96. The maximum Gasteiger partial charge on any atom is 0.291 e. The first-order valence-corrected chi connectivity index (χ1v) is 7.81. The van der Waals surface area contributed by atoms with Crippen LogP contribution in [0.4, 0.5) is 11.4 Å². The largest absolute Gasteiger partial charge is 0.451 e. The molecule has 1 heterocycles. The van der Waals surface area contributed by atoms with Crippen molar-refractivity contribution in [3.63, 3.8) is 0 Å². The number of para-hydroxylation sites is 1. The minimum atomic E-state index is -0.535. The van der Waals surface area contributed by atoms with Gasteiger partial charge in [0.25, 0.3) is 11.6 Å². The number of anilines is 1. The van der Waals surface area contributed by atoms with Crippen LogP contribution in [0.3, 0.4) is 0 Å². The van der Waals surface area contributed by atoms with Gasteiger partial charge in [0.2, 0.25) is 0 Å². The summed E-state index contributed by atoms with van der Waals surface area (Å²) in [5.41, 5.74) is 0.705. The number of nitro groups is 1. The third kappa shape index (κ3) is 3.65. The average Bonchev–Trinajstić information content (AvgIpc) is 3.08. The van der Waals surface area contributed by atoms with Gasteiger partial charge in [-0.3, -0.25) is 14.9 Å². The van der Waals surface area contributed by atoms with Crippen LogP contribution in [0, 0.1) is 10.1 Å². The van der Waals surface area contributed by atoms with Gasteiger partial charge in [-0.2, -0.15) is 0 Å². The number of nitro benzene ring substituents is 1. The molecule has 1 aromatic heterocycles. The molecule has 8 heteroatoms. The lowest BCUT2D eigenvalue weighted by molar-refractivity contribution is -0.384. The van der Waals surface area contributed by atoms with Crippen LogP contribution < -0.4 is 5.32 Å². The second-order valence-electron chi connectivity index (χ2n) is 5.02. The number of nitrogens with one attached hydrogen (secondary N) is 1. The van der Waals surface area contributed by atoms with Gasteiger partial charge in [-0.05, 0) is 24.3 Å². The predicted molar refractivity (Wildman–Crippen MR) is 95.2 cm³/mol. The zero-order chi connectivity index (χ0) is 18.0. The van der Waals surface area contributed by atoms with E-state index in [0.717, 1.165) is 0 Å². The van der Waals surface area contributed by atoms with Crippen LogP contribution in [0.5, 0.6) is 0 Å². The van der Waals surface area contributed by atoms with E-state index < -0.39 is 10.8 Å². The van der Waals surface area contributed by atoms with Crippen LogP contribution in [0.2, 0.25) is 10.0 Å². The minimum absolute atomic E-state index is 0.0255. The molecule has 0 fully saturated rings. The number of halogens is 2. The van der Waals surface area contributed by atoms with E-state index in [1.165, 1.54) is 18.2 Å². The normalized spacial score (nSPS) is 10.5. The average molecular weight is 377 g/mol. The van der Waals surface area contributed by atoms with Crippen LogP contribution in [0.1, 0.15) is 10.6 Å². The highest BCUT2D eigenvalue weighted by atomic mass is 35.5. The molecule has 0 aliphatic rings. The monoisotopic (exact) mass is 376 g/mol. The molecule has 3 aromatic rings. The zero-order valence-electron chi connectivity index (χ0n) is 12.5. The Labute approximate surface area is 152 Å². The fourth-order valence-corrected chi connectivity index (χ4v) is 2.67. The molecule has 0 bridgehead atoms. The fourth-order valence-electron chi connectivity index (χ4n) is 2.18. The van der Waals surface area contributed by atoms with E-state index >= 15 is 0 Å². The minimum Gasteiger partial charge on any atom is -0.451 e. The molecule has 1 N–H and O–H groups in total. The molecule has 0 spiro atoms. The van der Waals surface area contributed by atoms with E-state index in [1.54, 1.807) is 36.4 Å². The van der Waals surface area contributed by atoms with Crippen LogP contribution >= 0.6 is 23.2 Å². The Hall–Kier alpha value is -2.83. The molecule has 6 nitrogen and oxygen atoms in total. The molecule has 2 aromatic carbocycles. The summed E-state index contributed by atoms with van der Waals surface area (Å²) < 4.78 is 5.50. The first-order chi connectivity index (χ1) is 12.0. The summed E-state index contributed by atoms with van der Waals surface area (Å²) >= 11 is 12.0. The Morgan fingerprint density at radius 2 is 1.72 bits per heavy atom. The second-order valence-corrected chi connectivity index (χ2v) is 5.84. The topological polar surface area (TPSA) is 85.4 Å². The molecule has 0 atom stereocenters. The van der Waals surface area contributed by atoms with Gasteiger partial charge in [-0.25, -0.2) is 0 Å². The van der Waals surface area contributed by atoms with Gasteiger partial charge in [0.05, 0.1) is 20.7 Å². The fraction of sp³-hybridized carbons (Fsp3) is 0. The van der Waals surface area contributed by atoms with Crippen molar-refractivity contribution < 1.29 is 14.1 Å². The van der Waals surface area contributed by atoms with E-state index in [4.69, 9.17) is 27.6 Å². The van der Waals surface area contributed by atoms with E-state index in [0.29, 0.717) is 21.4 Å². The number of carbonyl (C=O) groups excluding carboxylic acids is 1. The summed E-state index contributed by atoms with van der Waals surface area (Å²) in [6.07, 6.45) is 0. The summed E-state index contributed by atoms with van der Waals surface area (Å²) in [6, 6.07) is 13.8. The molecular weight excluding hydrogens is 367 g/mol. The van der Waals surface area contributed by atoms with Crippen molar-refractivity contribution in [1.29, 1.82) is 0 Å². The Bertz CT molecular complexity index is 949. The molecule has 3 rings (SSSR count). The van der Waals surface area contributed by atoms with Crippen molar-refractivity contribution in [2.24, 2.45) is 0 Å². The zero-order valence-corrected chi connectivity index (χ0v) is 14.0. The van der Waals surface area contributed by atoms with Crippen LogP contribution in [0.25, 0.3) is 11.3 Å². The lowest BCUT2D eigenvalue weighted by Gasteiger charge is -2.07. The highest BCUT2D eigenvalue weighted by molar-refractivity contribution is 6.39. The molecule has 0 unspecified atom stereocenters. The van der Waals surface area contributed by atoms with Crippen molar-refractivity contribution in [3.8, 4) is 11.3 Å². The summed E-state index contributed by atoms with van der Waals surface area (Å²) in [4.78, 5) is 22.7. The van der Waals surface area contributed by atoms with Gasteiger partial charge < -0.3 is 9.73 Å². The Morgan fingerprint density at radius 1 is 1.04 bits per heavy atom. The molecule has 0 saturated carbocycles. The Kier molecular flexibility index (Phi) is 4.74. The van der Waals surface area contributed by atoms with Gasteiger partial charge in [-0.15, -0.1) is 0 Å². The predicted octanol–water partition coefficient (Wildman–Crippen LogP) is 5.41. The number of nitrogens with zero attached hydrogens (tertiary/aromatic N) is 1. The third-order valence-corrected chi connectivity index (χ3v) is 4.00. The molecule has 0 aliphatic heterocycles.